The number of carbonyl (C=O) groups excluding carboxylic acids is 1. The Morgan fingerprint density at radius 3 is 2.65 bits per heavy atom. The van der Waals surface area contributed by atoms with E-state index in [-0.39, 0.29) is 12.5 Å². The summed E-state index contributed by atoms with van der Waals surface area (Å²) in [6.45, 7) is 1.39. The lowest BCUT2D eigenvalue weighted by Crippen LogP contribution is -2.56. The summed E-state index contributed by atoms with van der Waals surface area (Å²) in [5.41, 5.74) is 1.59. The van der Waals surface area contributed by atoms with E-state index < -0.39 is 5.60 Å². The zero-order valence-corrected chi connectivity index (χ0v) is 15.0. The van der Waals surface area contributed by atoms with Crippen LogP contribution in [0.3, 0.4) is 0 Å². The monoisotopic (exact) mass is 354 g/mol. The van der Waals surface area contributed by atoms with Gasteiger partial charge in [-0.3, -0.25) is 9.78 Å². The summed E-state index contributed by atoms with van der Waals surface area (Å²) in [5.74, 6) is 0.133. The van der Waals surface area contributed by atoms with E-state index >= 15 is 0 Å². The molecule has 3 rings (SSSR count). The van der Waals surface area contributed by atoms with Crippen molar-refractivity contribution in [2.24, 2.45) is 0 Å². The molecule has 2 heterocycles. The van der Waals surface area contributed by atoms with E-state index in [9.17, 15) is 9.90 Å². The van der Waals surface area contributed by atoms with Crippen LogP contribution in [-0.4, -0.2) is 52.8 Å². The average molecular weight is 354 g/mol. The molecule has 1 N–H and O–H groups in total. The lowest BCUT2D eigenvalue weighted by atomic mass is 9.93. The maximum Gasteiger partial charge on any atom is 0.222 e. The normalized spacial score (nSPS) is 20.1. The van der Waals surface area contributed by atoms with Gasteiger partial charge >= 0.3 is 0 Å². The number of pyridine rings is 1. The van der Waals surface area contributed by atoms with E-state index in [0.717, 1.165) is 18.4 Å². The van der Waals surface area contributed by atoms with Gasteiger partial charge in [-0.15, -0.1) is 0 Å². The number of aryl methyl sites for hydroxylation is 1. The number of aromatic nitrogens is 1. The van der Waals surface area contributed by atoms with Crippen LogP contribution in [0.15, 0.2) is 54.9 Å². The highest BCUT2D eigenvalue weighted by atomic mass is 16.5. The molecular weight excluding hydrogens is 328 g/mol. The predicted octanol–water partition coefficient (Wildman–Crippen LogP) is 2.24. The first-order valence-electron chi connectivity index (χ1n) is 9.16. The molecule has 1 atom stereocenters. The minimum Gasteiger partial charge on any atom is -0.393 e. The summed E-state index contributed by atoms with van der Waals surface area (Å²) in [4.78, 5) is 18.5. The maximum atomic E-state index is 12.6. The van der Waals surface area contributed by atoms with Gasteiger partial charge in [0.05, 0.1) is 19.8 Å². The molecule has 1 aromatic carbocycles. The minimum atomic E-state index is -0.708. The third-order valence-corrected chi connectivity index (χ3v) is 4.86. The molecule has 5 heteroatoms. The lowest BCUT2D eigenvalue weighted by Gasteiger charge is -2.42. The lowest BCUT2D eigenvalue weighted by molar-refractivity contribution is -0.158. The van der Waals surface area contributed by atoms with Gasteiger partial charge in [0.15, 0.2) is 0 Å². The molecule has 5 nitrogen and oxygen atoms in total. The minimum absolute atomic E-state index is 0.0946. The van der Waals surface area contributed by atoms with Crippen LogP contribution in [0.1, 0.15) is 24.0 Å². The van der Waals surface area contributed by atoms with Gasteiger partial charge in [0, 0.05) is 31.8 Å². The van der Waals surface area contributed by atoms with E-state index in [1.165, 1.54) is 5.56 Å². The molecule has 1 aliphatic rings. The average Bonchev–Trinajstić information content (AvgIpc) is 2.69. The molecule has 138 valence electrons. The van der Waals surface area contributed by atoms with Gasteiger partial charge in [-0.25, -0.2) is 0 Å². The second kappa shape index (κ2) is 8.92. The molecule has 1 saturated heterocycles. The summed E-state index contributed by atoms with van der Waals surface area (Å²) >= 11 is 0. The number of aliphatic hydroxyl groups is 1. The van der Waals surface area contributed by atoms with Crippen LogP contribution in [0.5, 0.6) is 0 Å². The fourth-order valence-electron chi connectivity index (χ4n) is 3.44. The van der Waals surface area contributed by atoms with Crippen molar-refractivity contribution in [2.75, 3.05) is 26.3 Å². The molecular formula is C21H26N2O3. The van der Waals surface area contributed by atoms with Gasteiger partial charge in [0.2, 0.25) is 5.91 Å². The molecule has 1 aliphatic heterocycles. The number of rotatable bonds is 7. The van der Waals surface area contributed by atoms with Crippen molar-refractivity contribution in [3.63, 3.8) is 0 Å². The molecule has 1 fully saturated rings. The third-order valence-electron chi connectivity index (χ3n) is 4.86. The quantitative estimate of drug-likeness (QED) is 0.828. The number of morpholine rings is 1. The van der Waals surface area contributed by atoms with Gasteiger partial charge in [-0.05, 0) is 36.1 Å². The SMILES string of the molecule is O=C(CCCc1ccncc1)N1CCOC(CO)(Cc2ccccc2)C1. The summed E-state index contributed by atoms with van der Waals surface area (Å²) in [5, 5.41) is 9.96. The fraction of sp³-hybridized carbons (Fsp3) is 0.429. The van der Waals surface area contributed by atoms with Crippen molar-refractivity contribution in [3.05, 3.63) is 66.0 Å². The molecule has 0 saturated carbocycles. The van der Waals surface area contributed by atoms with Crippen LogP contribution in [0, 0.1) is 0 Å². The highest BCUT2D eigenvalue weighted by molar-refractivity contribution is 5.76. The first kappa shape index (κ1) is 18.5. The number of hydrogen-bond donors (Lipinski definition) is 1. The smallest absolute Gasteiger partial charge is 0.222 e. The Morgan fingerprint density at radius 1 is 1.15 bits per heavy atom. The number of aliphatic hydroxyl groups excluding tert-OH is 1. The number of nitrogens with zero attached hydrogens (tertiary/aromatic N) is 2. The maximum absolute atomic E-state index is 12.6. The Morgan fingerprint density at radius 2 is 1.92 bits per heavy atom. The van der Waals surface area contributed by atoms with Crippen molar-refractivity contribution < 1.29 is 14.6 Å². The number of benzene rings is 1. The van der Waals surface area contributed by atoms with E-state index in [1.54, 1.807) is 12.4 Å². The van der Waals surface area contributed by atoms with Crippen LogP contribution >= 0.6 is 0 Å². The second-order valence-electron chi connectivity index (χ2n) is 6.88. The topological polar surface area (TPSA) is 62.7 Å². The first-order valence-corrected chi connectivity index (χ1v) is 9.16. The van der Waals surface area contributed by atoms with Crippen LogP contribution in [0.4, 0.5) is 0 Å². The Bertz CT molecular complexity index is 693. The van der Waals surface area contributed by atoms with Crippen LogP contribution in [0.2, 0.25) is 0 Å². The van der Waals surface area contributed by atoms with Gasteiger partial charge in [0.1, 0.15) is 5.60 Å². The number of carbonyl (C=O) groups is 1. The van der Waals surface area contributed by atoms with E-state index in [0.29, 0.717) is 32.5 Å². The van der Waals surface area contributed by atoms with Gasteiger partial charge in [-0.1, -0.05) is 30.3 Å². The van der Waals surface area contributed by atoms with Crippen molar-refractivity contribution in [1.29, 1.82) is 0 Å². The Kier molecular flexibility index (Phi) is 6.36. The number of ether oxygens (including phenoxy) is 1. The van der Waals surface area contributed by atoms with Crippen molar-refractivity contribution >= 4 is 5.91 Å². The molecule has 1 amide bonds. The van der Waals surface area contributed by atoms with Crippen molar-refractivity contribution in [2.45, 2.75) is 31.3 Å². The molecule has 2 aromatic rings. The molecule has 0 spiro atoms. The summed E-state index contributed by atoms with van der Waals surface area (Å²) in [7, 11) is 0. The Hall–Kier alpha value is -2.24. The van der Waals surface area contributed by atoms with Crippen LogP contribution in [-0.2, 0) is 22.4 Å². The number of amides is 1. The zero-order valence-electron chi connectivity index (χ0n) is 15.0. The summed E-state index contributed by atoms with van der Waals surface area (Å²) in [6, 6.07) is 13.9. The van der Waals surface area contributed by atoms with Crippen LogP contribution in [0.25, 0.3) is 0 Å². The molecule has 1 aromatic heterocycles. The van der Waals surface area contributed by atoms with E-state index in [2.05, 4.69) is 4.98 Å². The van der Waals surface area contributed by atoms with Crippen molar-refractivity contribution in [3.8, 4) is 0 Å². The Labute approximate surface area is 154 Å². The molecule has 26 heavy (non-hydrogen) atoms. The molecule has 0 bridgehead atoms. The van der Waals surface area contributed by atoms with Crippen molar-refractivity contribution in [1.82, 2.24) is 9.88 Å². The molecule has 0 radical (unpaired) electrons. The zero-order chi connectivity index (χ0) is 18.2. The van der Waals surface area contributed by atoms with Gasteiger partial charge in [-0.2, -0.15) is 0 Å². The fourth-order valence-corrected chi connectivity index (χ4v) is 3.44. The van der Waals surface area contributed by atoms with E-state index in [4.69, 9.17) is 4.74 Å². The Balaban J connectivity index is 1.55. The summed E-state index contributed by atoms with van der Waals surface area (Å²) in [6.07, 6.45) is 6.34. The second-order valence-corrected chi connectivity index (χ2v) is 6.88. The molecule has 0 aliphatic carbocycles. The van der Waals surface area contributed by atoms with Gasteiger partial charge in [0.25, 0.3) is 0 Å². The largest absolute Gasteiger partial charge is 0.393 e. The highest BCUT2D eigenvalue weighted by Gasteiger charge is 2.37. The highest BCUT2D eigenvalue weighted by Crippen LogP contribution is 2.23. The predicted molar refractivity (Wildman–Crippen MR) is 99.7 cm³/mol. The number of hydrogen-bond acceptors (Lipinski definition) is 4. The first-order chi connectivity index (χ1) is 12.7. The van der Waals surface area contributed by atoms with E-state index in [1.807, 2.05) is 47.4 Å². The third kappa shape index (κ3) is 4.90. The van der Waals surface area contributed by atoms with Crippen LogP contribution < -0.4 is 0 Å². The standard InChI is InChI=1S/C21H26N2O3/c24-17-21(15-19-5-2-1-3-6-19)16-23(13-14-26-21)20(25)8-4-7-18-9-11-22-12-10-18/h1-3,5-6,9-12,24H,4,7-8,13-17H2. The molecule has 1 unspecified atom stereocenters. The van der Waals surface area contributed by atoms with Gasteiger partial charge < -0.3 is 14.7 Å². The summed E-state index contributed by atoms with van der Waals surface area (Å²) < 4.78 is 5.92.